The van der Waals surface area contributed by atoms with Crippen LogP contribution >= 0.6 is 11.6 Å². The first kappa shape index (κ1) is 16.3. The van der Waals surface area contributed by atoms with E-state index in [4.69, 9.17) is 16.0 Å². The predicted molar refractivity (Wildman–Crippen MR) is 87.1 cm³/mol. The van der Waals surface area contributed by atoms with Gasteiger partial charge in [0.2, 0.25) is 5.89 Å². The number of aromatic nitrogens is 2. The summed E-state index contributed by atoms with van der Waals surface area (Å²) in [6, 6.07) is 3.75. The van der Waals surface area contributed by atoms with Crippen LogP contribution in [0.4, 0.5) is 0 Å². The van der Waals surface area contributed by atoms with E-state index in [1.54, 1.807) is 19.3 Å². The Morgan fingerprint density at radius 2 is 2.14 bits per heavy atom. The average Bonchev–Trinajstić information content (AvgIpc) is 2.83. The Kier molecular flexibility index (Phi) is 5.77. The maximum absolute atomic E-state index is 5.76. The van der Waals surface area contributed by atoms with Gasteiger partial charge in [0.1, 0.15) is 10.9 Å². The fourth-order valence-electron chi connectivity index (χ4n) is 1.87. The normalized spacial score (nSPS) is 11.5. The van der Waals surface area contributed by atoms with Gasteiger partial charge in [0.05, 0.1) is 12.2 Å². The highest BCUT2D eigenvalue weighted by atomic mass is 35.5. The Balaban J connectivity index is 1.76. The number of hydrogen-bond donors (Lipinski definition) is 2. The van der Waals surface area contributed by atoms with Crippen LogP contribution in [0.25, 0.3) is 0 Å². The minimum atomic E-state index is 0.497. The number of nitrogens with one attached hydrogen (secondary N) is 2. The molecule has 2 heterocycles. The second kappa shape index (κ2) is 7.79. The lowest BCUT2D eigenvalue weighted by atomic mass is 10.2. The van der Waals surface area contributed by atoms with Crippen LogP contribution in [0.3, 0.4) is 0 Å². The van der Waals surface area contributed by atoms with Crippen LogP contribution < -0.4 is 10.6 Å². The number of guanidine groups is 1. The van der Waals surface area contributed by atoms with E-state index in [1.807, 2.05) is 19.9 Å². The quantitative estimate of drug-likeness (QED) is 0.502. The van der Waals surface area contributed by atoms with Crippen molar-refractivity contribution in [2.24, 2.45) is 4.99 Å². The highest BCUT2D eigenvalue weighted by Gasteiger charge is 2.06. The summed E-state index contributed by atoms with van der Waals surface area (Å²) in [4.78, 5) is 12.5. The summed E-state index contributed by atoms with van der Waals surface area (Å²) < 4.78 is 5.52. The number of pyridine rings is 1. The van der Waals surface area contributed by atoms with Crippen LogP contribution in [0.15, 0.2) is 27.7 Å². The van der Waals surface area contributed by atoms with Crippen molar-refractivity contribution in [1.29, 1.82) is 0 Å². The number of aryl methyl sites for hydroxylation is 2. The minimum absolute atomic E-state index is 0.497. The van der Waals surface area contributed by atoms with Crippen LogP contribution in [-0.2, 0) is 13.0 Å². The molecule has 22 heavy (non-hydrogen) atoms. The molecule has 2 aromatic heterocycles. The Labute approximate surface area is 135 Å². The van der Waals surface area contributed by atoms with E-state index >= 15 is 0 Å². The number of aliphatic imine (C=N–C) groups is 1. The molecule has 118 valence electrons. The van der Waals surface area contributed by atoms with Crippen molar-refractivity contribution in [2.45, 2.75) is 26.8 Å². The summed E-state index contributed by atoms with van der Waals surface area (Å²) in [5, 5.41) is 6.91. The van der Waals surface area contributed by atoms with Gasteiger partial charge < -0.3 is 15.1 Å². The van der Waals surface area contributed by atoms with Gasteiger partial charge in [-0.25, -0.2) is 9.97 Å². The van der Waals surface area contributed by atoms with Gasteiger partial charge in [0.15, 0.2) is 5.96 Å². The molecule has 2 aromatic rings. The largest absolute Gasteiger partial charge is 0.444 e. The number of oxazole rings is 1. The monoisotopic (exact) mass is 321 g/mol. The molecule has 2 N–H and O–H groups in total. The molecular formula is C15H20ClN5O. The highest BCUT2D eigenvalue weighted by molar-refractivity contribution is 6.29. The number of halogens is 1. The maximum Gasteiger partial charge on any atom is 0.214 e. The Morgan fingerprint density at radius 3 is 2.73 bits per heavy atom. The van der Waals surface area contributed by atoms with Gasteiger partial charge in [-0.1, -0.05) is 17.7 Å². The van der Waals surface area contributed by atoms with Crippen molar-refractivity contribution < 1.29 is 4.42 Å². The lowest BCUT2D eigenvalue weighted by Crippen LogP contribution is -2.37. The smallest absolute Gasteiger partial charge is 0.214 e. The van der Waals surface area contributed by atoms with Crippen molar-refractivity contribution in [3.63, 3.8) is 0 Å². The Hall–Kier alpha value is -2.08. The van der Waals surface area contributed by atoms with Crippen molar-refractivity contribution in [3.05, 3.63) is 46.4 Å². The maximum atomic E-state index is 5.76. The van der Waals surface area contributed by atoms with E-state index < -0.39 is 0 Å². The van der Waals surface area contributed by atoms with Gasteiger partial charge in [-0.15, -0.1) is 0 Å². The van der Waals surface area contributed by atoms with Gasteiger partial charge in [-0.05, 0) is 31.9 Å². The van der Waals surface area contributed by atoms with Crippen LogP contribution in [0.2, 0.25) is 5.15 Å². The number of nitrogens with zero attached hydrogens (tertiary/aromatic N) is 3. The van der Waals surface area contributed by atoms with E-state index in [9.17, 15) is 0 Å². The van der Waals surface area contributed by atoms with Gasteiger partial charge >= 0.3 is 0 Å². The zero-order valence-corrected chi connectivity index (χ0v) is 13.7. The second-order valence-electron chi connectivity index (χ2n) is 4.84. The zero-order chi connectivity index (χ0) is 15.9. The average molecular weight is 322 g/mol. The predicted octanol–water partition coefficient (Wildman–Crippen LogP) is 2.25. The van der Waals surface area contributed by atoms with E-state index in [2.05, 4.69) is 25.6 Å². The fourth-order valence-corrected chi connectivity index (χ4v) is 1.99. The van der Waals surface area contributed by atoms with Crippen LogP contribution in [0.5, 0.6) is 0 Å². The van der Waals surface area contributed by atoms with Gasteiger partial charge in [-0.2, -0.15) is 0 Å². The molecule has 0 saturated carbocycles. The van der Waals surface area contributed by atoms with Crippen molar-refractivity contribution >= 4 is 17.6 Å². The molecule has 7 heteroatoms. The van der Waals surface area contributed by atoms with Crippen molar-refractivity contribution in [3.8, 4) is 0 Å². The van der Waals surface area contributed by atoms with Gasteiger partial charge in [0.25, 0.3) is 0 Å². The summed E-state index contributed by atoms with van der Waals surface area (Å²) in [6.07, 6.45) is 2.61. The van der Waals surface area contributed by atoms with Crippen molar-refractivity contribution in [2.75, 3.05) is 13.6 Å². The topological polar surface area (TPSA) is 75.3 Å². The molecule has 0 saturated heterocycles. The SMILES string of the molecule is CN=C(NCCc1ccc(Cl)nc1)NCc1nc(C)c(C)o1. The molecule has 2 rings (SSSR count). The van der Waals surface area contributed by atoms with Gasteiger partial charge in [-0.3, -0.25) is 4.99 Å². The van der Waals surface area contributed by atoms with Crippen LogP contribution in [0, 0.1) is 13.8 Å². The summed E-state index contributed by atoms with van der Waals surface area (Å²) in [7, 11) is 1.73. The number of hydrogen-bond acceptors (Lipinski definition) is 4. The first-order valence-corrected chi connectivity index (χ1v) is 7.44. The van der Waals surface area contributed by atoms with E-state index in [0.717, 1.165) is 30.0 Å². The lowest BCUT2D eigenvalue weighted by Gasteiger charge is -2.10. The molecule has 0 fully saturated rings. The molecule has 0 unspecified atom stereocenters. The molecule has 0 spiro atoms. The molecule has 0 aliphatic heterocycles. The molecule has 0 amide bonds. The first-order chi connectivity index (χ1) is 10.6. The number of rotatable bonds is 5. The molecule has 0 bridgehead atoms. The molecule has 0 radical (unpaired) electrons. The Morgan fingerprint density at radius 1 is 1.32 bits per heavy atom. The summed E-state index contributed by atoms with van der Waals surface area (Å²) in [5.41, 5.74) is 2.03. The van der Waals surface area contributed by atoms with Crippen LogP contribution in [-0.4, -0.2) is 29.5 Å². The van der Waals surface area contributed by atoms with Crippen LogP contribution in [0.1, 0.15) is 22.9 Å². The Bertz CT molecular complexity index is 616. The fraction of sp³-hybridized carbons (Fsp3) is 0.400. The molecule has 0 atom stereocenters. The molecule has 6 nitrogen and oxygen atoms in total. The van der Waals surface area contributed by atoms with Gasteiger partial charge in [0, 0.05) is 19.8 Å². The molecule has 0 aromatic carbocycles. The molecular weight excluding hydrogens is 302 g/mol. The standard InChI is InChI=1S/C15H20ClN5O/c1-10-11(2)22-14(21-10)9-20-15(17-3)18-7-6-12-4-5-13(16)19-8-12/h4-5,8H,6-7,9H2,1-3H3,(H2,17,18,20). The second-order valence-corrected chi connectivity index (χ2v) is 5.23. The molecule has 0 aliphatic rings. The van der Waals surface area contributed by atoms with E-state index in [-0.39, 0.29) is 0 Å². The van der Waals surface area contributed by atoms with E-state index in [0.29, 0.717) is 23.5 Å². The van der Waals surface area contributed by atoms with E-state index in [1.165, 1.54) is 0 Å². The lowest BCUT2D eigenvalue weighted by molar-refractivity contribution is 0.464. The summed E-state index contributed by atoms with van der Waals surface area (Å²) in [5.74, 6) is 2.20. The third-order valence-electron chi connectivity index (χ3n) is 3.20. The first-order valence-electron chi connectivity index (χ1n) is 7.06. The van der Waals surface area contributed by atoms with Crippen molar-refractivity contribution in [1.82, 2.24) is 20.6 Å². The zero-order valence-electron chi connectivity index (χ0n) is 13.0. The third-order valence-corrected chi connectivity index (χ3v) is 3.42. The highest BCUT2D eigenvalue weighted by Crippen LogP contribution is 2.07. The summed E-state index contributed by atoms with van der Waals surface area (Å²) >= 11 is 5.76. The minimum Gasteiger partial charge on any atom is -0.444 e. The molecule has 0 aliphatic carbocycles. The third kappa shape index (κ3) is 4.73. The summed E-state index contributed by atoms with van der Waals surface area (Å²) in [6.45, 7) is 5.07.